The molecule has 2 saturated carbocycles. The Labute approximate surface area is 205 Å². The maximum atomic E-state index is 13.8. The van der Waals surface area contributed by atoms with Crippen LogP contribution in [-0.2, 0) is 29.3 Å². The van der Waals surface area contributed by atoms with Gasteiger partial charge < -0.3 is 9.47 Å². The third kappa shape index (κ3) is 3.95. The van der Waals surface area contributed by atoms with E-state index in [1.54, 1.807) is 34.6 Å². The Hall–Kier alpha value is -1.00. The van der Waals surface area contributed by atoms with Crippen LogP contribution in [0.2, 0.25) is 0 Å². The number of sulfone groups is 1. The van der Waals surface area contributed by atoms with Gasteiger partial charge in [-0.25, -0.2) is 16.8 Å². The van der Waals surface area contributed by atoms with Crippen molar-refractivity contribution in [3.63, 3.8) is 0 Å². The van der Waals surface area contributed by atoms with Gasteiger partial charge in [0.1, 0.15) is 0 Å². The molecule has 9 heteroatoms. The molecule has 2 aliphatic carbocycles. The van der Waals surface area contributed by atoms with Gasteiger partial charge in [0.05, 0.1) is 29.1 Å². The molecular weight excluding hydrogens is 474 g/mol. The topological polar surface area (TPSA) is 90.0 Å². The molecule has 34 heavy (non-hydrogen) atoms. The number of fused-ring (bicyclic) bond motifs is 3. The Morgan fingerprint density at radius 1 is 1.03 bits per heavy atom. The lowest BCUT2D eigenvalue weighted by Crippen LogP contribution is -2.57. The average molecular weight is 514 g/mol. The summed E-state index contributed by atoms with van der Waals surface area (Å²) in [5, 5.41) is 0. The molecular formula is C25H39NO6S2. The molecule has 192 valence electrons. The van der Waals surface area contributed by atoms with E-state index in [1.807, 2.05) is 27.7 Å². The minimum Gasteiger partial charge on any atom is -0.347 e. The van der Waals surface area contributed by atoms with Crippen LogP contribution < -0.4 is 0 Å². The molecule has 1 spiro atoms. The first kappa shape index (κ1) is 26.1. The maximum absolute atomic E-state index is 13.8. The average Bonchev–Trinajstić information content (AvgIpc) is 3.26. The molecule has 0 amide bonds. The van der Waals surface area contributed by atoms with Crippen LogP contribution in [0.3, 0.4) is 0 Å². The monoisotopic (exact) mass is 513 g/mol. The van der Waals surface area contributed by atoms with Crippen molar-refractivity contribution < 1.29 is 26.3 Å². The molecule has 2 bridgehead atoms. The van der Waals surface area contributed by atoms with Crippen LogP contribution in [0.25, 0.3) is 0 Å². The predicted molar refractivity (Wildman–Crippen MR) is 132 cm³/mol. The smallest absolute Gasteiger partial charge is 0.215 e. The molecule has 0 aromatic heterocycles. The molecule has 7 nitrogen and oxygen atoms in total. The van der Waals surface area contributed by atoms with E-state index in [0.29, 0.717) is 12.8 Å². The van der Waals surface area contributed by atoms with E-state index in [2.05, 4.69) is 13.8 Å². The number of nitrogens with zero attached hydrogens (tertiary/aromatic N) is 1. The molecule has 1 aromatic rings. The van der Waals surface area contributed by atoms with Gasteiger partial charge in [0.2, 0.25) is 10.0 Å². The zero-order valence-corrected chi connectivity index (χ0v) is 22.8. The summed E-state index contributed by atoms with van der Waals surface area (Å²) in [7, 11) is -7.18. The third-order valence-corrected chi connectivity index (χ3v) is 12.7. The summed E-state index contributed by atoms with van der Waals surface area (Å²) in [5.41, 5.74) is -1.05. The van der Waals surface area contributed by atoms with E-state index in [9.17, 15) is 16.8 Å². The van der Waals surface area contributed by atoms with Crippen molar-refractivity contribution >= 4 is 19.9 Å². The van der Waals surface area contributed by atoms with Gasteiger partial charge in [-0.1, -0.05) is 32.0 Å². The minimum absolute atomic E-state index is 0.0575. The van der Waals surface area contributed by atoms with Crippen LogP contribution in [0.5, 0.6) is 0 Å². The Bertz CT molecular complexity index is 1110. The number of sulfonamides is 1. The molecule has 4 atom stereocenters. The van der Waals surface area contributed by atoms with Gasteiger partial charge in [-0.15, -0.1) is 0 Å². The van der Waals surface area contributed by atoms with Gasteiger partial charge >= 0.3 is 0 Å². The van der Waals surface area contributed by atoms with Gasteiger partial charge in [-0.2, -0.15) is 4.31 Å². The van der Waals surface area contributed by atoms with E-state index in [4.69, 9.17) is 9.47 Å². The summed E-state index contributed by atoms with van der Waals surface area (Å²) in [6, 6.07) is 8.04. The summed E-state index contributed by atoms with van der Waals surface area (Å²) in [5.74, 6) is -1.06. The largest absolute Gasteiger partial charge is 0.347 e. The fourth-order valence-corrected chi connectivity index (χ4v) is 11.2. The molecule has 1 aliphatic heterocycles. The summed E-state index contributed by atoms with van der Waals surface area (Å²) in [6.07, 6.45) is 1.58. The van der Waals surface area contributed by atoms with Crippen LogP contribution >= 0.6 is 0 Å². The number of hydrogen-bond acceptors (Lipinski definition) is 6. The van der Waals surface area contributed by atoms with Crippen LogP contribution in [0.1, 0.15) is 60.8 Å². The normalized spacial score (nSPS) is 33.1. The van der Waals surface area contributed by atoms with E-state index >= 15 is 0 Å². The van der Waals surface area contributed by atoms with Gasteiger partial charge in [-0.3, -0.25) is 0 Å². The number of ether oxygens (including phenoxy) is 2. The van der Waals surface area contributed by atoms with Crippen LogP contribution in [0.4, 0.5) is 0 Å². The molecule has 3 aliphatic rings. The second-order valence-corrected chi connectivity index (χ2v) is 15.3. The minimum atomic E-state index is -3.62. The first-order valence-electron chi connectivity index (χ1n) is 12.3. The lowest BCUT2D eigenvalue weighted by atomic mass is 9.68. The van der Waals surface area contributed by atoms with Gasteiger partial charge in [0.25, 0.3) is 0 Å². The summed E-state index contributed by atoms with van der Waals surface area (Å²) in [4.78, 5) is 0.259. The molecule has 0 N–H and O–H groups in total. The van der Waals surface area contributed by atoms with Gasteiger partial charge in [0.15, 0.2) is 15.6 Å². The molecule has 1 heterocycles. The molecule has 1 aromatic carbocycles. The fraction of sp³-hybridized carbons (Fsp3) is 0.760. The van der Waals surface area contributed by atoms with Crippen molar-refractivity contribution in [3.05, 3.63) is 30.3 Å². The standard InChI is InChI=1S/C25H39NO6S2/c1-18(2)26(19(3)4)34(29,30)17-24-13-12-20(23(24,5)6)14-25(24)31-15-21(32-25)16-33(27,28)22-10-8-7-9-11-22/h7-11,18-21H,12-17H2,1-6H3/t20-,21?,24+,25?/m1/s1. The van der Waals surface area contributed by atoms with Crippen molar-refractivity contribution in [2.24, 2.45) is 16.7 Å². The Balaban J connectivity index is 1.65. The number of hydrogen-bond donors (Lipinski definition) is 0. The second-order valence-electron chi connectivity index (χ2n) is 11.4. The summed E-state index contributed by atoms with van der Waals surface area (Å²) in [6.45, 7) is 12.0. The second kappa shape index (κ2) is 8.54. The van der Waals surface area contributed by atoms with Crippen molar-refractivity contribution in [1.29, 1.82) is 0 Å². The van der Waals surface area contributed by atoms with Crippen molar-refractivity contribution in [3.8, 4) is 0 Å². The Morgan fingerprint density at radius 2 is 1.65 bits per heavy atom. The van der Waals surface area contributed by atoms with Crippen molar-refractivity contribution in [2.45, 2.75) is 89.7 Å². The quantitative estimate of drug-likeness (QED) is 0.525. The summed E-state index contributed by atoms with van der Waals surface area (Å²) >= 11 is 0. The molecule has 4 rings (SSSR count). The van der Waals surface area contributed by atoms with Gasteiger partial charge in [-0.05, 0) is 64.0 Å². The lowest BCUT2D eigenvalue weighted by Gasteiger charge is -2.48. The highest BCUT2D eigenvalue weighted by Gasteiger charge is 2.76. The summed E-state index contributed by atoms with van der Waals surface area (Å²) < 4.78 is 68.0. The highest BCUT2D eigenvalue weighted by Crippen LogP contribution is 2.72. The van der Waals surface area contributed by atoms with Gasteiger partial charge in [0, 0.05) is 23.9 Å². The highest BCUT2D eigenvalue weighted by molar-refractivity contribution is 7.91. The lowest BCUT2D eigenvalue weighted by molar-refractivity contribution is -0.242. The van der Waals surface area contributed by atoms with Crippen molar-refractivity contribution in [1.82, 2.24) is 4.31 Å². The molecule has 2 unspecified atom stereocenters. The fourth-order valence-electron chi connectivity index (χ4n) is 7.02. The number of rotatable bonds is 8. The Kier molecular flexibility index (Phi) is 6.55. The van der Waals surface area contributed by atoms with E-state index in [0.717, 1.165) is 6.42 Å². The van der Waals surface area contributed by atoms with Crippen LogP contribution in [0.15, 0.2) is 35.2 Å². The highest BCUT2D eigenvalue weighted by atomic mass is 32.2. The first-order valence-corrected chi connectivity index (χ1v) is 15.5. The van der Waals surface area contributed by atoms with Crippen LogP contribution in [0, 0.1) is 16.7 Å². The SMILES string of the molecule is CC(C)N(C(C)C)S(=O)(=O)C[C@]12CC[C@H](CC13OCC(CS(=O)(=O)c1ccccc1)O3)C2(C)C. The van der Waals surface area contributed by atoms with Crippen LogP contribution in [-0.4, -0.2) is 63.2 Å². The molecule has 0 radical (unpaired) electrons. The zero-order valence-electron chi connectivity index (χ0n) is 21.2. The maximum Gasteiger partial charge on any atom is 0.215 e. The molecule has 3 fully saturated rings. The van der Waals surface area contributed by atoms with Crippen molar-refractivity contribution in [2.75, 3.05) is 18.1 Å². The molecule has 1 saturated heterocycles. The predicted octanol–water partition coefficient (Wildman–Crippen LogP) is 3.85. The zero-order chi connectivity index (χ0) is 25.2. The third-order valence-electron chi connectivity index (χ3n) is 8.55. The number of benzene rings is 1. The first-order chi connectivity index (χ1) is 15.7. The van der Waals surface area contributed by atoms with E-state index in [1.165, 1.54) is 0 Å². The van der Waals surface area contributed by atoms with E-state index in [-0.39, 0.29) is 46.4 Å². The van der Waals surface area contributed by atoms with E-state index < -0.39 is 37.2 Å². The Morgan fingerprint density at radius 3 is 2.21 bits per heavy atom.